The lowest BCUT2D eigenvalue weighted by atomic mass is 10.1. The van der Waals surface area contributed by atoms with E-state index in [-0.39, 0.29) is 16.8 Å². The molecule has 28 heavy (non-hydrogen) atoms. The molecular weight excluding hydrogens is 375 g/mol. The van der Waals surface area contributed by atoms with E-state index in [9.17, 15) is 22.8 Å². The molecule has 1 amide bonds. The van der Waals surface area contributed by atoms with Gasteiger partial charge in [0, 0.05) is 6.20 Å². The molecule has 1 aliphatic heterocycles. The third-order valence-electron chi connectivity index (χ3n) is 4.03. The van der Waals surface area contributed by atoms with Gasteiger partial charge in [-0.3, -0.25) is 4.79 Å². The van der Waals surface area contributed by atoms with E-state index in [1.807, 2.05) is 0 Å². The van der Waals surface area contributed by atoms with Gasteiger partial charge in [0.15, 0.2) is 0 Å². The molecule has 0 atom stereocenters. The third kappa shape index (κ3) is 3.73. The van der Waals surface area contributed by atoms with E-state index in [0.29, 0.717) is 11.4 Å². The fraction of sp³-hybridized carbons (Fsp3) is 0.105. The van der Waals surface area contributed by atoms with Gasteiger partial charge < -0.3 is 10.4 Å². The average molecular weight is 389 g/mol. The van der Waals surface area contributed by atoms with Crippen LogP contribution in [0.15, 0.2) is 65.4 Å². The number of carboxylic acids is 1. The molecule has 2 aromatic carbocycles. The van der Waals surface area contributed by atoms with Crippen molar-refractivity contribution in [1.82, 2.24) is 0 Å². The summed E-state index contributed by atoms with van der Waals surface area (Å²) in [5.74, 6) is -1.65. The Bertz CT molecular complexity index is 995. The molecule has 2 N–H and O–H groups in total. The van der Waals surface area contributed by atoms with E-state index in [2.05, 4.69) is 10.4 Å². The maximum atomic E-state index is 13.1. The van der Waals surface area contributed by atoms with Gasteiger partial charge in [0.25, 0.3) is 5.91 Å². The minimum Gasteiger partial charge on any atom is -0.478 e. The van der Waals surface area contributed by atoms with Crippen LogP contribution in [0.4, 0.5) is 24.5 Å². The number of carboxylic acid groups (broad SMARTS) is 1. The average Bonchev–Trinajstić information content (AvgIpc) is 2.93. The Kier molecular flexibility index (Phi) is 4.91. The van der Waals surface area contributed by atoms with Crippen molar-refractivity contribution in [1.29, 1.82) is 0 Å². The van der Waals surface area contributed by atoms with Gasteiger partial charge in [-0.25, -0.2) is 4.79 Å². The van der Waals surface area contributed by atoms with Gasteiger partial charge in [-0.1, -0.05) is 12.1 Å². The number of para-hydroxylation sites is 1. The maximum Gasteiger partial charge on any atom is 0.418 e. The molecule has 3 rings (SSSR count). The van der Waals surface area contributed by atoms with Crippen molar-refractivity contribution in [3.8, 4) is 0 Å². The molecule has 2 aromatic rings. The fourth-order valence-corrected chi connectivity index (χ4v) is 2.61. The van der Waals surface area contributed by atoms with Crippen LogP contribution in [0.2, 0.25) is 0 Å². The van der Waals surface area contributed by atoms with Gasteiger partial charge >= 0.3 is 12.1 Å². The number of amides is 1. The van der Waals surface area contributed by atoms with Crippen LogP contribution < -0.4 is 10.3 Å². The highest BCUT2D eigenvalue weighted by Gasteiger charge is 2.33. The molecule has 6 nitrogen and oxygen atoms in total. The van der Waals surface area contributed by atoms with Gasteiger partial charge in [0.2, 0.25) is 0 Å². The Labute approximate surface area is 157 Å². The van der Waals surface area contributed by atoms with E-state index in [1.165, 1.54) is 48.7 Å². The zero-order valence-electron chi connectivity index (χ0n) is 14.5. The number of carbonyl (C=O) groups excluding carboxylic acids is 1. The number of anilines is 2. The molecular formula is C19H14F3N3O3. The Morgan fingerprint density at radius 1 is 1.14 bits per heavy atom. The number of hydrazone groups is 1. The van der Waals surface area contributed by atoms with Crippen LogP contribution in [0.5, 0.6) is 0 Å². The number of nitrogens with one attached hydrogen (secondary N) is 1. The molecule has 0 aliphatic carbocycles. The number of hydrogen-bond acceptors (Lipinski definition) is 4. The third-order valence-corrected chi connectivity index (χ3v) is 4.03. The Hall–Kier alpha value is -3.62. The Morgan fingerprint density at radius 2 is 1.79 bits per heavy atom. The summed E-state index contributed by atoms with van der Waals surface area (Å²) in [6.07, 6.45) is -3.36. The number of nitrogens with zero attached hydrogens (tertiary/aromatic N) is 2. The highest BCUT2D eigenvalue weighted by atomic mass is 19.4. The summed E-state index contributed by atoms with van der Waals surface area (Å²) in [5.41, 5.74) is -0.241. The molecule has 144 valence electrons. The standard InChI is InChI=1S/C19H14F3N3O3/c1-11-14(10-23-16-5-3-2-4-15(16)19(20,21)22)17(26)25(24-11)13-8-6-12(7-9-13)18(27)28/h2-10,23H,1H3,(H,27,28)/b14-10-. The van der Waals surface area contributed by atoms with Crippen LogP contribution in [-0.4, -0.2) is 22.7 Å². The van der Waals surface area contributed by atoms with Crippen molar-refractivity contribution in [2.75, 3.05) is 10.3 Å². The molecule has 0 radical (unpaired) electrons. The van der Waals surface area contributed by atoms with Crippen molar-refractivity contribution in [3.63, 3.8) is 0 Å². The van der Waals surface area contributed by atoms with E-state index in [0.717, 1.165) is 11.1 Å². The van der Waals surface area contributed by atoms with E-state index in [4.69, 9.17) is 5.11 Å². The van der Waals surface area contributed by atoms with Gasteiger partial charge in [-0.15, -0.1) is 0 Å². The molecule has 0 bridgehead atoms. The van der Waals surface area contributed by atoms with E-state index in [1.54, 1.807) is 6.92 Å². The van der Waals surface area contributed by atoms with E-state index < -0.39 is 23.6 Å². The summed E-state index contributed by atoms with van der Waals surface area (Å²) in [6.45, 7) is 1.55. The summed E-state index contributed by atoms with van der Waals surface area (Å²) in [7, 11) is 0. The largest absolute Gasteiger partial charge is 0.478 e. The summed E-state index contributed by atoms with van der Waals surface area (Å²) in [4.78, 5) is 23.5. The second kappa shape index (κ2) is 7.18. The van der Waals surface area contributed by atoms with Crippen molar-refractivity contribution >= 4 is 29.0 Å². The van der Waals surface area contributed by atoms with Crippen molar-refractivity contribution in [2.24, 2.45) is 5.10 Å². The molecule has 0 fully saturated rings. The lowest BCUT2D eigenvalue weighted by molar-refractivity contribution is -0.136. The molecule has 1 heterocycles. The van der Waals surface area contributed by atoms with Gasteiger partial charge in [0.1, 0.15) is 0 Å². The van der Waals surface area contributed by atoms with Gasteiger partial charge in [0.05, 0.1) is 33.8 Å². The van der Waals surface area contributed by atoms with Gasteiger partial charge in [-0.05, 0) is 43.3 Å². The molecule has 0 saturated heterocycles. The lowest BCUT2D eigenvalue weighted by Crippen LogP contribution is -2.22. The highest BCUT2D eigenvalue weighted by molar-refractivity contribution is 6.29. The number of alkyl halides is 3. The smallest absolute Gasteiger partial charge is 0.418 e. The van der Waals surface area contributed by atoms with E-state index >= 15 is 0 Å². The number of carbonyl (C=O) groups is 2. The molecule has 0 unspecified atom stereocenters. The predicted molar refractivity (Wildman–Crippen MR) is 97.1 cm³/mol. The van der Waals surface area contributed by atoms with Crippen LogP contribution in [0.1, 0.15) is 22.8 Å². The second-order valence-electron chi connectivity index (χ2n) is 5.90. The first-order valence-corrected chi connectivity index (χ1v) is 8.05. The Balaban J connectivity index is 1.85. The fourth-order valence-electron chi connectivity index (χ4n) is 2.61. The first-order chi connectivity index (χ1) is 13.2. The zero-order chi connectivity index (χ0) is 20.5. The highest BCUT2D eigenvalue weighted by Crippen LogP contribution is 2.34. The molecule has 0 aromatic heterocycles. The minimum absolute atomic E-state index is 0.0530. The second-order valence-corrected chi connectivity index (χ2v) is 5.90. The zero-order valence-corrected chi connectivity index (χ0v) is 14.5. The normalized spacial score (nSPS) is 15.7. The van der Waals surface area contributed by atoms with Crippen LogP contribution in [0.3, 0.4) is 0 Å². The van der Waals surface area contributed by atoms with Crippen molar-refractivity contribution in [2.45, 2.75) is 13.1 Å². The summed E-state index contributed by atoms with van der Waals surface area (Å²) < 4.78 is 39.2. The monoisotopic (exact) mass is 389 g/mol. The minimum atomic E-state index is -4.54. The Morgan fingerprint density at radius 3 is 2.39 bits per heavy atom. The predicted octanol–water partition coefficient (Wildman–Crippen LogP) is 4.12. The van der Waals surface area contributed by atoms with Crippen LogP contribution in [-0.2, 0) is 11.0 Å². The number of halogens is 3. The number of hydrogen-bond donors (Lipinski definition) is 2. The first kappa shape index (κ1) is 19.2. The topological polar surface area (TPSA) is 82.0 Å². The molecule has 1 aliphatic rings. The van der Waals surface area contributed by atoms with Crippen molar-refractivity contribution in [3.05, 3.63) is 71.4 Å². The summed E-state index contributed by atoms with van der Waals surface area (Å²) >= 11 is 0. The summed E-state index contributed by atoms with van der Waals surface area (Å²) in [5, 5.41) is 16.6. The quantitative estimate of drug-likeness (QED) is 0.771. The SMILES string of the molecule is CC1=NN(c2ccc(C(=O)O)cc2)C(=O)/C1=C\Nc1ccccc1C(F)(F)F. The molecule has 0 saturated carbocycles. The maximum absolute atomic E-state index is 13.1. The number of benzene rings is 2. The van der Waals surface area contributed by atoms with Crippen molar-refractivity contribution < 1.29 is 27.9 Å². The first-order valence-electron chi connectivity index (χ1n) is 8.05. The summed E-state index contributed by atoms with van der Waals surface area (Å²) in [6, 6.07) is 10.4. The van der Waals surface area contributed by atoms with Crippen LogP contribution in [0.25, 0.3) is 0 Å². The molecule has 0 spiro atoms. The number of aromatic carboxylic acids is 1. The number of rotatable bonds is 4. The van der Waals surface area contributed by atoms with Crippen LogP contribution >= 0.6 is 0 Å². The van der Waals surface area contributed by atoms with Gasteiger partial charge in [-0.2, -0.15) is 23.3 Å². The lowest BCUT2D eigenvalue weighted by Gasteiger charge is -2.13. The van der Waals surface area contributed by atoms with Crippen LogP contribution in [0, 0.1) is 0 Å². The molecule has 9 heteroatoms.